The fourth-order valence-electron chi connectivity index (χ4n) is 1.60. The van der Waals surface area contributed by atoms with Crippen molar-refractivity contribution in [1.29, 1.82) is 0 Å². The first-order valence-corrected chi connectivity index (χ1v) is 4.69. The summed E-state index contributed by atoms with van der Waals surface area (Å²) in [7, 11) is 0. The number of hydrogen-bond donors (Lipinski definition) is 3. The minimum Gasteiger partial charge on any atom is -0.480 e. The summed E-state index contributed by atoms with van der Waals surface area (Å²) in [4.78, 5) is 28.2. The van der Waals surface area contributed by atoms with Gasteiger partial charge in [0.25, 0.3) is 5.56 Å². The molecule has 6 heteroatoms. The lowest BCUT2D eigenvalue weighted by atomic mass is 9.77. The zero-order valence-electron chi connectivity index (χ0n) is 7.99. The Balaban J connectivity index is 2.20. The molecule has 0 radical (unpaired) electrons. The third-order valence-electron chi connectivity index (χ3n) is 2.66. The van der Waals surface area contributed by atoms with Gasteiger partial charge in [0.1, 0.15) is 11.4 Å². The van der Waals surface area contributed by atoms with Crippen LogP contribution in [-0.4, -0.2) is 26.6 Å². The molecule has 15 heavy (non-hydrogen) atoms. The maximum Gasteiger partial charge on any atom is 0.329 e. The maximum absolute atomic E-state index is 11.0. The number of nitrogens with one attached hydrogen (secondary N) is 2. The third kappa shape index (κ3) is 1.70. The van der Waals surface area contributed by atoms with Gasteiger partial charge in [-0.1, -0.05) is 0 Å². The molecule has 2 rings (SSSR count). The number of carbonyl (C=O) groups is 1. The summed E-state index contributed by atoms with van der Waals surface area (Å²) in [5.74, 6) is -0.586. The van der Waals surface area contributed by atoms with Gasteiger partial charge in [-0.3, -0.25) is 4.79 Å². The highest BCUT2D eigenvalue weighted by atomic mass is 16.4. The van der Waals surface area contributed by atoms with Gasteiger partial charge in [0, 0.05) is 6.07 Å². The molecule has 3 N–H and O–H groups in total. The van der Waals surface area contributed by atoms with Gasteiger partial charge >= 0.3 is 5.97 Å². The Labute approximate surface area is 85.4 Å². The standard InChI is InChI=1S/C9H11N3O3/c13-7-4-6(10-5-11-7)12-9(8(14)15)2-1-3-9/h4-5H,1-3H2,(H,14,15)(H2,10,11,12,13). The van der Waals surface area contributed by atoms with Crippen molar-refractivity contribution in [3.63, 3.8) is 0 Å². The molecule has 0 spiro atoms. The smallest absolute Gasteiger partial charge is 0.329 e. The quantitative estimate of drug-likeness (QED) is 0.660. The largest absolute Gasteiger partial charge is 0.480 e. The van der Waals surface area contributed by atoms with E-state index >= 15 is 0 Å². The molecule has 1 aliphatic carbocycles. The number of H-pyrrole nitrogens is 1. The van der Waals surface area contributed by atoms with Crippen molar-refractivity contribution in [1.82, 2.24) is 9.97 Å². The third-order valence-corrected chi connectivity index (χ3v) is 2.66. The van der Waals surface area contributed by atoms with Crippen LogP contribution in [-0.2, 0) is 4.79 Å². The summed E-state index contributed by atoms with van der Waals surface area (Å²) in [6.07, 6.45) is 3.26. The van der Waals surface area contributed by atoms with Crippen molar-refractivity contribution in [2.45, 2.75) is 24.8 Å². The van der Waals surface area contributed by atoms with E-state index in [1.807, 2.05) is 0 Å². The summed E-state index contributed by atoms with van der Waals surface area (Å²) < 4.78 is 0. The van der Waals surface area contributed by atoms with Crippen LogP contribution in [0.1, 0.15) is 19.3 Å². The highest BCUT2D eigenvalue weighted by Gasteiger charge is 2.44. The lowest BCUT2D eigenvalue weighted by Gasteiger charge is -2.38. The van der Waals surface area contributed by atoms with E-state index in [9.17, 15) is 9.59 Å². The van der Waals surface area contributed by atoms with E-state index in [1.165, 1.54) is 12.4 Å². The van der Waals surface area contributed by atoms with Crippen LogP contribution in [0.3, 0.4) is 0 Å². The number of aromatic amines is 1. The Morgan fingerprint density at radius 3 is 2.80 bits per heavy atom. The van der Waals surface area contributed by atoms with Crippen LogP contribution < -0.4 is 10.9 Å². The maximum atomic E-state index is 11.0. The molecule has 0 saturated heterocycles. The molecule has 0 atom stereocenters. The minimum atomic E-state index is -0.930. The van der Waals surface area contributed by atoms with Crippen molar-refractivity contribution < 1.29 is 9.90 Å². The molecule has 0 unspecified atom stereocenters. The predicted octanol–water partition coefficient (Wildman–Crippen LogP) is 0.189. The molecular weight excluding hydrogens is 198 g/mol. The van der Waals surface area contributed by atoms with Gasteiger partial charge in [0.15, 0.2) is 0 Å². The second kappa shape index (κ2) is 3.38. The number of aliphatic carboxylic acids is 1. The number of carboxylic acid groups (broad SMARTS) is 1. The first-order chi connectivity index (χ1) is 7.12. The predicted molar refractivity (Wildman–Crippen MR) is 52.7 cm³/mol. The van der Waals surface area contributed by atoms with Crippen LogP contribution in [0.15, 0.2) is 17.2 Å². The summed E-state index contributed by atoms with van der Waals surface area (Å²) in [6, 6.07) is 1.25. The van der Waals surface area contributed by atoms with Crippen molar-refractivity contribution in [3.05, 3.63) is 22.7 Å². The minimum absolute atomic E-state index is 0.299. The first-order valence-electron chi connectivity index (χ1n) is 4.69. The van der Waals surface area contributed by atoms with Crippen LogP contribution in [0.25, 0.3) is 0 Å². The molecule has 1 aromatic heterocycles. The molecule has 0 bridgehead atoms. The van der Waals surface area contributed by atoms with E-state index < -0.39 is 11.5 Å². The lowest BCUT2D eigenvalue weighted by molar-refractivity contribution is -0.145. The zero-order valence-corrected chi connectivity index (χ0v) is 7.99. The van der Waals surface area contributed by atoms with Gasteiger partial charge in [0.2, 0.25) is 0 Å². The number of nitrogens with zero attached hydrogens (tertiary/aromatic N) is 1. The first kappa shape index (κ1) is 9.70. The second-order valence-corrected chi connectivity index (χ2v) is 3.66. The fourth-order valence-corrected chi connectivity index (χ4v) is 1.60. The normalized spacial score (nSPS) is 17.9. The molecule has 6 nitrogen and oxygen atoms in total. The molecule has 1 saturated carbocycles. The molecule has 0 amide bonds. The summed E-state index contributed by atoms with van der Waals surface area (Å²) in [5.41, 5.74) is -1.23. The van der Waals surface area contributed by atoms with Gasteiger partial charge in [-0.05, 0) is 19.3 Å². The zero-order chi connectivity index (χ0) is 10.9. The van der Waals surface area contributed by atoms with Crippen molar-refractivity contribution in [2.24, 2.45) is 0 Å². The second-order valence-electron chi connectivity index (χ2n) is 3.66. The molecule has 0 aromatic carbocycles. The van der Waals surface area contributed by atoms with Gasteiger partial charge in [0.05, 0.1) is 6.33 Å². The SMILES string of the molecule is O=C(O)C1(Nc2cc(=O)[nH]cn2)CCC1. The number of carboxylic acids is 1. The molecule has 0 aliphatic heterocycles. The van der Waals surface area contributed by atoms with E-state index in [4.69, 9.17) is 5.11 Å². The Morgan fingerprint density at radius 2 is 2.33 bits per heavy atom. The highest BCUT2D eigenvalue weighted by Crippen LogP contribution is 2.34. The average Bonchev–Trinajstić information content (AvgIpc) is 2.11. The number of rotatable bonds is 3. The van der Waals surface area contributed by atoms with E-state index in [0.29, 0.717) is 18.7 Å². The topological polar surface area (TPSA) is 95.1 Å². The van der Waals surface area contributed by atoms with E-state index in [-0.39, 0.29) is 5.56 Å². The Hall–Kier alpha value is -1.85. The Kier molecular flexibility index (Phi) is 2.18. The summed E-state index contributed by atoms with van der Waals surface area (Å²) in [6.45, 7) is 0. The van der Waals surface area contributed by atoms with Crippen LogP contribution >= 0.6 is 0 Å². The highest BCUT2D eigenvalue weighted by molar-refractivity contribution is 5.83. The fraction of sp³-hybridized carbons (Fsp3) is 0.444. The van der Waals surface area contributed by atoms with Gasteiger partial charge in [-0.2, -0.15) is 0 Å². The van der Waals surface area contributed by atoms with Crippen LogP contribution in [0.4, 0.5) is 5.82 Å². The van der Waals surface area contributed by atoms with Crippen LogP contribution in [0.2, 0.25) is 0 Å². The van der Waals surface area contributed by atoms with Crippen molar-refractivity contribution in [3.8, 4) is 0 Å². The number of aromatic nitrogens is 2. The molecule has 1 fully saturated rings. The molecule has 80 valence electrons. The number of hydrogen-bond acceptors (Lipinski definition) is 4. The van der Waals surface area contributed by atoms with Gasteiger partial charge in [-0.15, -0.1) is 0 Å². The van der Waals surface area contributed by atoms with Crippen molar-refractivity contribution >= 4 is 11.8 Å². The van der Waals surface area contributed by atoms with Crippen LogP contribution in [0, 0.1) is 0 Å². The monoisotopic (exact) mass is 209 g/mol. The molecule has 1 aromatic rings. The molecule has 1 aliphatic rings. The van der Waals surface area contributed by atoms with Gasteiger partial charge < -0.3 is 15.4 Å². The van der Waals surface area contributed by atoms with E-state index in [0.717, 1.165) is 6.42 Å². The van der Waals surface area contributed by atoms with E-state index in [1.54, 1.807) is 0 Å². The Morgan fingerprint density at radius 1 is 1.60 bits per heavy atom. The summed E-state index contributed by atoms with van der Waals surface area (Å²) in [5, 5.41) is 11.8. The molecular formula is C9H11N3O3. The molecule has 1 heterocycles. The van der Waals surface area contributed by atoms with Gasteiger partial charge in [-0.25, -0.2) is 9.78 Å². The summed E-state index contributed by atoms with van der Waals surface area (Å²) >= 11 is 0. The van der Waals surface area contributed by atoms with E-state index in [2.05, 4.69) is 15.3 Å². The number of anilines is 1. The van der Waals surface area contributed by atoms with Crippen molar-refractivity contribution in [2.75, 3.05) is 5.32 Å². The Bertz CT molecular complexity index is 436. The van der Waals surface area contributed by atoms with Crippen LogP contribution in [0.5, 0.6) is 0 Å². The lowest BCUT2D eigenvalue weighted by Crippen LogP contribution is -2.52. The average molecular weight is 209 g/mol.